The lowest BCUT2D eigenvalue weighted by atomic mass is 10.0. The van der Waals surface area contributed by atoms with Crippen LogP contribution < -0.4 is 4.74 Å². The van der Waals surface area contributed by atoms with E-state index in [2.05, 4.69) is 0 Å². The lowest BCUT2D eigenvalue weighted by Crippen LogP contribution is -2.19. The van der Waals surface area contributed by atoms with Gasteiger partial charge >= 0.3 is 6.18 Å². The molecule has 0 aliphatic rings. The summed E-state index contributed by atoms with van der Waals surface area (Å²) in [7, 11) is 1.37. The highest BCUT2D eigenvalue weighted by Crippen LogP contribution is 2.33. The Hall–Kier alpha value is -0.950. The van der Waals surface area contributed by atoms with E-state index >= 15 is 0 Å². The van der Waals surface area contributed by atoms with Crippen molar-refractivity contribution in [1.82, 2.24) is 0 Å². The second kappa shape index (κ2) is 5.81. The second-order valence-electron chi connectivity index (χ2n) is 4.65. The van der Waals surface area contributed by atoms with E-state index in [4.69, 9.17) is 15.4 Å². The van der Waals surface area contributed by atoms with Crippen molar-refractivity contribution < 1.29 is 26.3 Å². The number of halogens is 4. The first kappa shape index (κ1) is 17.1. The molecular formula is C12H14ClF3O3S. The third-order valence-corrected chi connectivity index (χ3v) is 3.96. The molecule has 0 spiro atoms. The van der Waals surface area contributed by atoms with Crippen molar-refractivity contribution in [1.29, 1.82) is 0 Å². The van der Waals surface area contributed by atoms with Gasteiger partial charge in [0, 0.05) is 10.7 Å². The van der Waals surface area contributed by atoms with E-state index in [1.165, 1.54) is 19.1 Å². The van der Waals surface area contributed by atoms with Crippen molar-refractivity contribution >= 4 is 19.7 Å². The molecule has 114 valence electrons. The molecular weight excluding hydrogens is 317 g/mol. The maximum absolute atomic E-state index is 12.2. The number of benzene rings is 1. The molecule has 0 aliphatic heterocycles. The van der Waals surface area contributed by atoms with E-state index in [-0.39, 0.29) is 22.1 Å². The molecule has 0 heterocycles. The average Bonchev–Trinajstić information content (AvgIpc) is 2.24. The van der Waals surface area contributed by atoms with Crippen LogP contribution >= 0.6 is 10.7 Å². The predicted molar refractivity (Wildman–Crippen MR) is 69.9 cm³/mol. The minimum absolute atomic E-state index is 0.00454. The maximum atomic E-state index is 12.2. The number of aryl methyl sites for hydroxylation is 1. The summed E-state index contributed by atoms with van der Waals surface area (Å²) in [5.41, 5.74) is 0.598. The van der Waals surface area contributed by atoms with Crippen LogP contribution in [0.4, 0.5) is 13.2 Å². The molecule has 0 fully saturated rings. The van der Waals surface area contributed by atoms with Gasteiger partial charge in [-0.1, -0.05) is 13.8 Å². The fourth-order valence-corrected chi connectivity index (χ4v) is 2.95. The van der Waals surface area contributed by atoms with Crippen LogP contribution in [0.5, 0.6) is 5.75 Å². The SMILES string of the molecule is Cc1cc(S(=O)(=O)Cl)c(C(C)C)cc1OCC(F)(F)F. The molecule has 3 nitrogen and oxygen atoms in total. The Kier molecular flexibility index (Phi) is 4.97. The van der Waals surface area contributed by atoms with Gasteiger partial charge in [-0.2, -0.15) is 13.2 Å². The summed E-state index contributed by atoms with van der Waals surface area (Å²) < 4.78 is 64.1. The zero-order chi connectivity index (χ0) is 15.7. The Bertz CT molecular complexity index is 595. The summed E-state index contributed by atoms with van der Waals surface area (Å²) in [6.45, 7) is 3.45. The van der Waals surface area contributed by atoms with Crippen molar-refractivity contribution in [2.75, 3.05) is 6.61 Å². The Labute approximate surface area is 120 Å². The summed E-state index contributed by atoms with van der Waals surface area (Å²) in [4.78, 5) is -0.106. The van der Waals surface area contributed by atoms with Crippen molar-refractivity contribution in [3.63, 3.8) is 0 Å². The van der Waals surface area contributed by atoms with Crippen molar-refractivity contribution in [3.8, 4) is 5.75 Å². The van der Waals surface area contributed by atoms with Crippen molar-refractivity contribution in [2.24, 2.45) is 0 Å². The molecule has 0 bridgehead atoms. The summed E-state index contributed by atoms with van der Waals surface area (Å²) in [5.74, 6) is -0.234. The maximum Gasteiger partial charge on any atom is 0.422 e. The Morgan fingerprint density at radius 3 is 2.25 bits per heavy atom. The fraction of sp³-hybridized carbons (Fsp3) is 0.500. The van der Waals surface area contributed by atoms with E-state index in [1.54, 1.807) is 13.8 Å². The third kappa shape index (κ3) is 4.56. The molecule has 1 aromatic carbocycles. The van der Waals surface area contributed by atoms with Gasteiger partial charge in [-0.05, 0) is 36.1 Å². The zero-order valence-corrected chi connectivity index (χ0v) is 12.7. The number of ether oxygens (including phenoxy) is 1. The van der Waals surface area contributed by atoms with E-state index in [1.807, 2.05) is 0 Å². The molecule has 0 radical (unpaired) electrons. The summed E-state index contributed by atoms with van der Waals surface area (Å²) in [6.07, 6.45) is -4.46. The van der Waals surface area contributed by atoms with Crippen LogP contribution in [0.2, 0.25) is 0 Å². The average molecular weight is 331 g/mol. The second-order valence-corrected chi connectivity index (χ2v) is 7.19. The van der Waals surface area contributed by atoms with Gasteiger partial charge in [0.15, 0.2) is 6.61 Å². The van der Waals surface area contributed by atoms with E-state index in [0.29, 0.717) is 5.56 Å². The van der Waals surface area contributed by atoms with Crippen LogP contribution in [0.25, 0.3) is 0 Å². The molecule has 0 saturated heterocycles. The summed E-state index contributed by atoms with van der Waals surface area (Å²) in [6, 6.07) is 2.52. The molecule has 0 unspecified atom stereocenters. The van der Waals surface area contributed by atoms with Crippen LogP contribution in [-0.4, -0.2) is 21.2 Å². The van der Waals surface area contributed by atoms with Gasteiger partial charge in [-0.3, -0.25) is 0 Å². The minimum Gasteiger partial charge on any atom is -0.484 e. The van der Waals surface area contributed by atoms with Crippen LogP contribution in [0.15, 0.2) is 17.0 Å². The lowest BCUT2D eigenvalue weighted by Gasteiger charge is -2.16. The molecule has 0 aliphatic carbocycles. The zero-order valence-electron chi connectivity index (χ0n) is 11.1. The molecule has 0 saturated carbocycles. The molecule has 8 heteroatoms. The third-order valence-electron chi connectivity index (χ3n) is 2.58. The topological polar surface area (TPSA) is 43.4 Å². The first-order valence-corrected chi connectivity index (χ1v) is 8.01. The number of hydrogen-bond donors (Lipinski definition) is 0. The van der Waals surface area contributed by atoms with Gasteiger partial charge in [0.25, 0.3) is 9.05 Å². The van der Waals surface area contributed by atoms with Gasteiger partial charge in [0.2, 0.25) is 0 Å². The monoisotopic (exact) mass is 330 g/mol. The molecule has 0 amide bonds. The van der Waals surface area contributed by atoms with Gasteiger partial charge < -0.3 is 4.74 Å². The smallest absolute Gasteiger partial charge is 0.422 e. The molecule has 0 N–H and O–H groups in total. The summed E-state index contributed by atoms with van der Waals surface area (Å²) >= 11 is 0. The molecule has 1 aromatic rings. The highest BCUT2D eigenvalue weighted by atomic mass is 35.7. The minimum atomic E-state index is -4.46. The van der Waals surface area contributed by atoms with E-state index in [9.17, 15) is 21.6 Å². The fourth-order valence-electron chi connectivity index (χ4n) is 1.65. The lowest BCUT2D eigenvalue weighted by molar-refractivity contribution is -0.153. The largest absolute Gasteiger partial charge is 0.484 e. The van der Waals surface area contributed by atoms with Crippen molar-refractivity contribution in [3.05, 3.63) is 23.3 Å². The number of alkyl halides is 3. The quantitative estimate of drug-likeness (QED) is 0.784. The van der Waals surface area contributed by atoms with Gasteiger partial charge in [0.05, 0.1) is 4.90 Å². The highest BCUT2D eigenvalue weighted by Gasteiger charge is 2.29. The Balaban J connectivity index is 3.28. The van der Waals surface area contributed by atoms with Crippen LogP contribution in [0, 0.1) is 6.92 Å². The van der Waals surface area contributed by atoms with E-state index in [0.717, 1.165) is 0 Å². The Morgan fingerprint density at radius 1 is 1.30 bits per heavy atom. The van der Waals surface area contributed by atoms with Crippen LogP contribution in [0.1, 0.15) is 30.9 Å². The number of rotatable bonds is 4. The van der Waals surface area contributed by atoms with Gasteiger partial charge in [-0.15, -0.1) is 0 Å². The first-order chi connectivity index (χ1) is 8.92. The standard InChI is InChI=1S/C12H14ClF3O3S/c1-7(2)9-5-10(19-6-12(14,15)16)8(3)4-11(9)20(13,17)18/h4-5,7H,6H2,1-3H3. The highest BCUT2D eigenvalue weighted by molar-refractivity contribution is 8.13. The van der Waals surface area contributed by atoms with E-state index < -0.39 is 21.8 Å². The van der Waals surface area contributed by atoms with Crippen molar-refractivity contribution in [2.45, 2.75) is 37.8 Å². The normalized spacial score (nSPS) is 12.8. The Morgan fingerprint density at radius 2 is 1.85 bits per heavy atom. The summed E-state index contributed by atoms with van der Waals surface area (Å²) in [5, 5.41) is 0. The van der Waals surface area contributed by atoms with Crippen LogP contribution in [-0.2, 0) is 9.05 Å². The van der Waals surface area contributed by atoms with Gasteiger partial charge in [0.1, 0.15) is 5.75 Å². The molecule has 0 atom stereocenters. The first-order valence-electron chi connectivity index (χ1n) is 5.70. The molecule has 1 rings (SSSR count). The number of hydrogen-bond acceptors (Lipinski definition) is 3. The van der Waals surface area contributed by atoms with Gasteiger partial charge in [-0.25, -0.2) is 8.42 Å². The predicted octanol–water partition coefficient (Wildman–Crippen LogP) is 3.99. The molecule has 0 aromatic heterocycles. The molecule has 20 heavy (non-hydrogen) atoms. The van der Waals surface area contributed by atoms with Crippen LogP contribution in [0.3, 0.4) is 0 Å².